The molecule has 0 saturated heterocycles. The summed E-state index contributed by atoms with van der Waals surface area (Å²) in [5, 5.41) is 3.14. The number of aromatic nitrogens is 1. The first-order valence-electron chi connectivity index (χ1n) is 6.43. The molecule has 0 spiro atoms. The second-order valence-electron chi connectivity index (χ2n) is 4.72. The molecule has 2 aromatic rings. The van der Waals surface area contributed by atoms with E-state index in [0.29, 0.717) is 13.1 Å². The zero-order valence-corrected chi connectivity index (χ0v) is 12.2. The molecule has 1 heterocycles. The van der Waals surface area contributed by atoms with Gasteiger partial charge in [0.25, 0.3) is 0 Å². The van der Waals surface area contributed by atoms with Gasteiger partial charge in [-0.15, -0.1) is 0 Å². The number of nitrogens with zero attached hydrogens (tertiary/aromatic N) is 1. The summed E-state index contributed by atoms with van der Waals surface area (Å²) in [6.07, 6.45) is 3.02. The first-order chi connectivity index (χ1) is 9.54. The number of nitrogens with one attached hydrogen (secondary N) is 1. The van der Waals surface area contributed by atoms with E-state index < -0.39 is 9.84 Å². The molecule has 0 amide bonds. The van der Waals surface area contributed by atoms with Crippen LogP contribution in [0.1, 0.15) is 5.56 Å². The van der Waals surface area contributed by atoms with Crippen molar-refractivity contribution < 1.29 is 8.42 Å². The zero-order valence-electron chi connectivity index (χ0n) is 11.4. The highest BCUT2D eigenvalue weighted by molar-refractivity contribution is 7.90. The molecule has 1 aromatic carbocycles. The Morgan fingerprint density at radius 3 is 2.70 bits per heavy atom. The quantitative estimate of drug-likeness (QED) is 0.825. The van der Waals surface area contributed by atoms with Crippen LogP contribution in [0.4, 0.5) is 0 Å². The predicted octanol–water partition coefficient (Wildman–Crippen LogP) is 1.88. The molecule has 0 aliphatic carbocycles. The van der Waals surface area contributed by atoms with Gasteiger partial charge in [-0.3, -0.25) is 4.98 Å². The van der Waals surface area contributed by atoms with Crippen molar-refractivity contribution in [3.05, 3.63) is 54.2 Å². The summed E-state index contributed by atoms with van der Waals surface area (Å²) in [5.41, 5.74) is 3.11. The number of pyridine rings is 1. The molecule has 2 rings (SSSR count). The van der Waals surface area contributed by atoms with Crippen LogP contribution >= 0.6 is 0 Å². The fourth-order valence-corrected chi connectivity index (χ4v) is 2.38. The van der Waals surface area contributed by atoms with Crippen LogP contribution in [0.25, 0.3) is 11.3 Å². The lowest BCUT2D eigenvalue weighted by Crippen LogP contribution is -2.21. The van der Waals surface area contributed by atoms with Gasteiger partial charge in [0.2, 0.25) is 0 Å². The van der Waals surface area contributed by atoms with Gasteiger partial charge >= 0.3 is 0 Å². The number of hydrogen-bond donors (Lipinski definition) is 1. The third-order valence-electron chi connectivity index (χ3n) is 2.87. The lowest BCUT2D eigenvalue weighted by atomic mass is 10.1. The van der Waals surface area contributed by atoms with Gasteiger partial charge in [0.05, 0.1) is 11.4 Å². The molecule has 1 N–H and O–H groups in total. The maximum absolute atomic E-state index is 11.0. The van der Waals surface area contributed by atoms with Crippen molar-refractivity contribution in [3.63, 3.8) is 0 Å². The molecule has 0 aliphatic heterocycles. The van der Waals surface area contributed by atoms with Crippen molar-refractivity contribution in [3.8, 4) is 11.3 Å². The second-order valence-corrected chi connectivity index (χ2v) is 6.98. The standard InChI is InChI=1S/C15H18N2O2S/c1-20(18,19)10-9-16-12-13-5-4-6-14(11-13)15-7-2-3-8-17-15/h2-8,11,16H,9-10,12H2,1H3. The highest BCUT2D eigenvalue weighted by Crippen LogP contribution is 2.17. The largest absolute Gasteiger partial charge is 0.312 e. The molecule has 4 nitrogen and oxygen atoms in total. The third kappa shape index (κ3) is 4.75. The maximum Gasteiger partial charge on any atom is 0.148 e. The minimum atomic E-state index is -2.90. The third-order valence-corrected chi connectivity index (χ3v) is 3.81. The molecular formula is C15H18N2O2S. The van der Waals surface area contributed by atoms with Gasteiger partial charge in [0.1, 0.15) is 9.84 Å². The Labute approximate surface area is 119 Å². The minimum absolute atomic E-state index is 0.160. The normalized spacial score (nSPS) is 11.4. The van der Waals surface area contributed by atoms with Gasteiger partial charge in [-0.2, -0.15) is 0 Å². The predicted molar refractivity (Wildman–Crippen MR) is 81.1 cm³/mol. The van der Waals surface area contributed by atoms with Crippen LogP contribution < -0.4 is 5.32 Å². The highest BCUT2D eigenvalue weighted by Gasteiger charge is 2.02. The smallest absolute Gasteiger partial charge is 0.148 e. The lowest BCUT2D eigenvalue weighted by Gasteiger charge is -2.06. The number of sulfone groups is 1. The summed E-state index contributed by atoms with van der Waals surface area (Å²) in [6.45, 7) is 1.11. The van der Waals surface area contributed by atoms with Crippen LogP contribution in [-0.4, -0.2) is 32.0 Å². The van der Waals surface area contributed by atoms with E-state index in [1.165, 1.54) is 6.26 Å². The molecule has 1 aromatic heterocycles. The van der Waals surface area contributed by atoms with Gasteiger partial charge in [0.15, 0.2) is 0 Å². The van der Waals surface area contributed by atoms with E-state index in [1.54, 1.807) is 6.20 Å². The SMILES string of the molecule is CS(=O)(=O)CCNCc1cccc(-c2ccccn2)c1. The summed E-state index contributed by atoms with van der Waals surface area (Å²) < 4.78 is 22.1. The molecule has 0 aliphatic rings. The van der Waals surface area contributed by atoms with Gasteiger partial charge < -0.3 is 5.32 Å². The number of hydrogen-bond acceptors (Lipinski definition) is 4. The molecular weight excluding hydrogens is 272 g/mol. The molecule has 0 saturated carbocycles. The van der Waals surface area contributed by atoms with Crippen molar-refractivity contribution >= 4 is 9.84 Å². The summed E-state index contributed by atoms with van der Waals surface area (Å²) in [5.74, 6) is 0.160. The monoisotopic (exact) mass is 290 g/mol. The van der Waals surface area contributed by atoms with E-state index in [0.717, 1.165) is 16.8 Å². The maximum atomic E-state index is 11.0. The van der Waals surface area contributed by atoms with E-state index in [2.05, 4.69) is 16.4 Å². The van der Waals surface area contributed by atoms with Crippen LogP contribution in [-0.2, 0) is 16.4 Å². The van der Waals surface area contributed by atoms with Crippen molar-refractivity contribution in [2.45, 2.75) is 6.54 Å². The Bertz CT molecular complexity index is 655. The average Bonchev–Trinajstić information content (AvgIpc) is 2.44. The summed E-state index contributed by atoms with van der Waals surface area (Å²) in [7, 11) is -2.90. The molecule has 0 radical (unpaired) electrons. The van der Waals surface area contributed by atoms with Crippen molar-refractivity contribution in [1.82, 2.24) is 10.3 Å². The Kier molecular flexibility index (Phi) is 4.87. The summed E-state index contributed by atoms with van der Waals surface area (Å²) >= 11 is 0. The number of rotatable bonds is 6. The van der Waals surface area contributed by atoms with Crippen LogP contribution in [0.3, 0.4) is 0 Å². The Hall–Kier alpha value is -1.72. The van der Waals surface area contributed by atoms with E-state index in [1.807, 2.05) is 36.4 Å². The van der Waals surface area contributed by atoms with Crippen LogP contribution in [0.15, 0.2) is 48.7 Å². The van der Waals surface area contributed by atoms with Gasteiger partial charge in [-0.1, -0.05) is 24.3 Å². The molecule has 5 heteroatoms. The molecule has 20 heavy (non-hydrogen) atoms. The van der Waals surface area contributed by atoms with Crippen LogP contribution in [0.5, 0.6) is 0 Å². The number of benzene rings is 1. The average molecular weight is 290 g/mol. The molecule has 106 valence electrons. The van der Waals surface area contributed by atoms with Crippen LogP contribution in [0, 0.1) is 0 Å². The van der Waals surface area contributed by atoms with Crippen molar-refractivity contribution in [2.75, 3.05) is 18.6 Å². The first-order valence-corrected chi connectivity index (χ1v) is 8.49. The highest BCUT2D eigenvalue weighted by atomic mass is 32.2. The van der Waals surface area contributed by atoms with E-state index >= 15 is 0 Å². The zero-order chi connectivity index (χ0) is 14.4. The molecule has 0 bridgehead atoms. The Morgan fingerprint density at radius 2 is 2.00 bits per heavy atom. The second kappa shape index (κ2) is 6.63. The minimum Gasteiger partial charge on any atom is -0.312 e. The summed E-state index contributed by atoms with van der Waals surface area (Å²) in [4.78, 5) is 4.32. The molecule has 0 atom stereocenters. The van der Waals surface area contributed by atoms with E-state index in [9.17, 15) is 8.42 Å². The first kappa shape index (κ1) is 14.7. The Morgan fingerprint density at radius 1 is 1.15 bits per heavy atom. The fourth-order valence-electron chi connectivity index (χ4n) is 1.86. The summed E-state index contributed by atoms with van der Waals surface area (Å²) in [6, 6.07) is 13.9. The topological polar surface area (TPSA) is 59.1 Å². The van der Waals surface area contributed by atoms with Crippen LogP contribution in [0.2, 0.25) is 0 Å². The molecule has 0 fully saturated rings. The van der Waals surface area contributed by atoms with E-state index in [4.69, 9.17) is 0 Å². The Balaban J connectivity index is 1.97. The lowest BCUT2D eigenvalue weighted by molar-refractivity contribution is 0.596. The van der Waals surface area contributed by atoms with Crippen molar-refractivity contribution in [1.29, 1.82) is 0 Å². The van der Waals surface area contributed by atoms with Gasteiger partial charge in [-0.25, -0.2) is 8.42 Å². The molecule has 0 unspecified atom stereocenters. The van der Waals surface area contributed by atoms with E-state index in [-0.39, 0.29) is 5.75 Å². The fraction of sp³-hybridized carbons (Fsp3) is 0.267. The van der Waals surface area contributed by atoms with Gasteiger partial charge in [0, 0.05) is 31.1 Å². The van der Waals surface area contributed by atoms with Gasteiger partial charge in [-0.05, 0) is 23.8 Å². The van der Waals surface area contributed by atoms with Crippen molar-refractivity contribution in [2.24, 2.45) is 0 Å².